The third-order valence-electron chi connectivity index (χ3n) is 3.65. The molecule has 1 saturated heterocycles. The van der Waals surface area contributed by atoms with Crippen molar-refractivity contribution in [3.05, 3.63) is 34.4 Å². The number of benzene rings is 1. The van der Waals surface area contributed by atoms with Crippen LogP contribution in [0, 0.1) is 10.1 Å². The summed E-state index contributed by atoms with van der Waals surface area (Å²) in [6.45, 7) is 2.37. The fourth-order valence-electron chi connectivity index (χ4n) is 2.33. The normalized spacial score (nSPS) is 19.8. The molecule has 0 saturated carbocycles. The highest BCUT2D eigenvalue weighted by Crippen LogP contribution is 2.21. The Morgan fingerprint density at radius 2 is 2.05 bits per heavy atom. The summed E-state index contributed by atoms with van der Waals surface area (Å²) in [6, 6.07) is 5.07. The minimum atomic E-state index is -3.39. The molecule has 2 rings (SSSR count). The molecule has 8 heteroatoms. The molecule has 0 N–H and O–H groups in total. The zero-order valence-electron chi connectivity index (χ0n) is 11.8. The van der Waals surface area contributed by atoms with Gasteiger partial charge < -0.3 is 4.90 Å². The van der Waals surface area contributed by atoms with Crippen LogP contribution in [-0.4, -0.2) is 55.1 Å². The van der Waals surface area contributed by atoms with E-state index in [-0.39, 0.29) is 16.3 Å². The standard InChI is InChI=1S/C13H18N2O4S2/c1-20-12-6-7-14(10-12)8-9-21(18,19)13-4-2-11(3-5-13)15(16)17/h2-5,12H,6-10H2,1H3/t12-/m0/s1. The lowest BCUT2D eigenvalue weighted by Crippen LogP contribution is -2.27. The maximum absolute atomic E-state index is 12.2. The van der Waals surface area contributed by atoms with Gasteiger partial charge in [0.15, 0.2) is 9.84 Å². The number of rotatable bonds is 6. The number of nitrogens with zero attached hydrogens (tertiary/aromatic N) is 2. The van der Waals surface area contributed by atoms with Crippen LogP contribution in [0.4, 0.5) is 5.69 Å². The van der Waals surface area contributed by atoms with E-state index in [1.807, 2.05) is 11.8 Å². The minimum Gasteiger partial charge on any atom is -0.301 e. The van der Waals surface area contributed by atoms with Crippen LogP contribution in [0.3, 0.4) is 0 Å². The second kappa shape index (κ2) is 6.76. The van der Waals surface area contributed by atoms with Crippen LogP contribution < -0.4 is 0 Å². The topological polar surface area (TPSA) is 80.5 Å². The molecule has 1 aliphatic rings. The lowest BCUT2D eigenvalue weighted by Gasteiger charge is -2.15. The van der Waals surface area contributed by atoms with E-state index in [1.54, 1.807) is 0 Å². The SMILES string of the molecule is CS[C@H]1CCN(CCS(=O)(=O)c2ccc([N+](=O)[O-])cc2)C1. The first-order valence-electron chi connectivity index (χ1n) is 6.65. The van der Waals surface area contributed by atoms with Crippen molar-refractivity contribution in [2.45, 2.75) is 16.6 Å². The molecular formula is C13H18N2O4S2. The number of nitro groups is 1. The minimum absolute atomic E-state index is 0.0475. The molecule has 1 fully saturated rings. The summed E-state index contributed by atoms with van der Waals surface area (Å²) in [5, 5.41) is 11.2. The number of thioether (sulfide) groups is 1. The van der Waals surface area contributed by atoms with Crippen LogP contribution in [0.1, 0.15) is 6.42 Å². The number of sulfone groups is 1. The Balaban J connectivity index is 1.97. The molecule has 1 aromatic carbocycles. The van der Waals surface area contributed by atoms with Gasteiger partial charge >= 0.3 is 0 Å². The number of hydrogen-bond acceptors (Lipinski definition) is 6. The Bertz CT molecular complexity index is 601. The van der Waals surface area contributed by atoms with E-state index in [2.05, 4.69) is 11.2 Å². The molecule has 0 bridgehead atoms. The molecular weight excluding hydrogens is 312 g/mol. The predicted molar refractivity (Wildman–Crippen MR) is 83.5 cm³/mol. The first kappa shape index (κ1) is 16.3. The van der Waals surface area contributed by atoms with Crippen molar-refractivity contribution in [1.82, 2.24) is 4.90 Å². The van der Waals surface area contributed by atoms with Gasteiger partial charge in [0.2, 0.25) is 0 Å². The highest BCUT2D eigenvalue weighted by molar-refractivity contribution is 7.99. The molecule has 1 atom stereocenters. The third-order valence-corrected chi connectivity index (χ3v) is 6.41. The zero-order chi connectivity index (χ0) is 15.5. The van der Waals surface area contributed by atoms with Crippen molar-refractivity contribution >= 4 is 27.3 Å². The number of non-ortho nitro benzene ring substituents is 1. The van der Waals surface area contributed by atoms with Crippen molar-refractivity contribution < 1.29 is 13.3 Å². The smallest absolute Gasteiger partial charge is 0.269 e. The fourth-order valence-corrected chi connectivity index (χ4v) is 4.32. The largest absolute Gasteiger partial charge is 0.301 e. The summed E-state index contributed by atoms with van der Waals surface area (Å²) >= 11 is 1.82. The van der Waals surface area contributed by atoms with Crippen molar-refractivity contribution in [3.8, 4) is 0 Å². The van der Waals surface area contributed by atoms with Gasteiger partial charge in [-0.2, -0.15) is 11.8 Å². The predicted octanol–water partition coefficient (Wildman–Crippen LogP) is 1.81. The third kappa shape index (κ3) is 4.18. The van der Waals surface area contributed by atoms with Gasteiger partial charge in [-0.05, 0) is 31.4 Å². The highest BCUT2D eigenvalue weighted by Gasteiger charge is 2.24. The quantitative estimate of drug-likeness (QED) is 0.584. The lowest BCUT2D eigenvalue weighted by atomic mass is 10.3. The van der Waals surface area contributed by atoms with Crippen LogP contribution in [0.15, 0.2) is 29.2 Å². The molecule has 0 amide bonds. The van der Waals surface area contributed by atoms with Crippen LogP contribution in [0.25, 0.3) is 0 Å². The van der Waals surface area contributed by atoms with Gasteiger partial charge in [0.05, 0.1) is 15.6 Å². The van der Waals surface area contributed by atoms with E-state index < -0.39 is 14.8 Å². The number of hydrogen-bond donors (Lipinski definition) is 0. The van der Waals surface area contributed by atoms with Crippen molar-refractivity contribution in [3.63, 3.8) is 0 Å². The van der Waals surface area contributed by atoms with Gasteiger partial charge in [-0.15, -0.1) is 0 Å². The molecule has 0 aromatic heterocycles. The van der Waals surface area contributed by atoms with Gasteiger partial charge in [0.1, 0.15) is 0 Å². The van der Waals surface area contributed by atoms with Gasteiger partial charge in [-0.3, -0.25) is 10.1 Å². The first-order chi connectivity index (χ1) is 9.92. The summed E-state index contributed by atoms with van der Waals surface area (Å²) < 4.78 is 24.4. The van der Waals surface area contributed by atoms with Gasteiger partial charge in [0.25, 0.3) is 5.69 Å². The molecule has 6 nitrogen and oxygen atoms in total. The summed E-state index contributed by atoms with van der Waals surface area (Å²) in [5.74, 6) is 0.0475. The Kier molecular flexibility index (Phi) is 5.23. The van der Waals surface area contributed by atoms with E-state index in [0.717, 1.165) is 19.5 Å². The average molecular weight is 330 g/mol. The molecule has 1 heterocycles. The van der Waals surface area contributed by atoms with E-state index in [9.17, 15) is 18.5 Å². The Morgan fingerprint density at radius 3 is 2.57 bits per heavy atom. The summed E-state index contributed by atoms with van der Waals surface area (Å²) in [4.78, 5) is 12.3. The Hall–Kier alpha value is -1.12. The highest BCUT2D eigenvalue weighted by atomic mass is 32.2. The first-order valence-corrected chi connectivity index (χ1v) is 9.59. The average Bonchev–Trinajstić information content (AvgIpc) is 2.93. The molecule has 21 heavy (non-hydrogen) atoms. The molecule has 0 radical (unpaired) electrons. The van der Waals surface area contributed by atoms with Crippen molar-refractivity contribution in [1.29, 1.82) is 0 Å². The van der Waals surface area contributed by atoms with Crippen LogP contribution in [0.2, 0.25) is 0 Å². The fraction of sp³-hybridized carbons (Fsp3) is 0.538. The second-order valence-electron chi connectivity index (χ2n) is 5.02. The van der Waals surface area contributed by atoms with E-state index in [1.165, 1.54) is 24.3 Å². The zero-order valence-corrected chi connectivity index (χ0v) is 13.4. The Morgan fingerprint density at radius 1 is 1.38 bits per heavy atom. The van der Waals surface area contributed by atoms with Crippen LogP contribution >= 0.6 is 11.8 Å². The van der Waals surface area contributed by atoms with Crippen molar-refractivity contribution in [2.75, 3.05) is 31.6 Å². The summed E-state index contributed by atoms with van der Waals surface area (Å²) in [5.41, 5.74) is -0.101. The lowest BCUT2D eigenvalue weighted by molar-refractivity contribution is -0.384. The van der Waals surface area contributed by atoms with E-state index in [4.69, 9.17) is 0 Å². The summed E-state index contributed by atoms with van der Waals surface area (Å²) in [6.07, 6.45) is 3.17. The maximum atomic E-state index is 12.2. The van der Waals surface area contributed by atoms with Crippen LogP contribution in [-0.2, 0) is 9.84 Å². The molecule has 116 valence electrons. The second-order valence-corrected chi connectivity index (χ2v) is 8.26. The molecule has 1 aliphatic heterocycles. The van der Waals surface area contributed by atoms with Gasteiger partial charge in [0, 0.05) is 30.5 Å². The summed E-state index contributed by atoms with van der Waals surface area (Å²) in [7, 11) is -3.39. The van der Waals surface area contributed by atoms with Crippen molar-refractivity contribution in [2.24, 2.45) is 0 Å². The molecule has 0 unspecified atom stereocenters. The van der Waals surface area contributed by atoms with E-state index >= 15 is 0 Å². The van der Waals surface area contributed by atoms with E-state index in [0.29, 0.717) is 11.8 Å². The number of likely N-dealkylation sites (tertiary alicyclic amines) is 1. The monoisotopic (exact) mass is 330 g/mol. The Labute approximate surface area is 128 Å². The number of nitro benzene ring substituents is 1. The molecule has 0 spiro atoms. The van der Waals surface area contributed by atoms with Crippen LogP contribution in [0.5, 0.6) is 0 Å². The molecule has 1 aromatic rings. The van der Waals surface area contributed by atoms with Gasteiger partial charge in [-0.25, -0.2) is 8.42 Å². The maximum Gasteiger partial charge on any atom is 0.269 e. The van der Waals surface area contributed by atoms with Gasteiger partial charge in [-0.1, -0.05) is 0 Å². The molecule has 0 aliphatic carbocycles.